The van der Waals surface area contributed by atoms with Gasteiger partial charge in [-0.25, -0.2) is 5.43 Å². The Bertz CT molecular complexity index is 839. The molecular weight excluding hydrogens is 364 g/mol. The van der Waals surface area contributed by atoms with E-state index in [9.17, 15) is 20.0 Å². The lowest BCUT2D eigenvalue weighted by Gasteiger charge is -2.06. The van der Waals surface area contributed by atoms with Gasteiger partial charge in [-0.1, -0.05) is 11.6 Å². The van der Waals surface area contributed by atoms with Crippen LogP contribution in [-0.4, -0.2) is 35.8 Å². The Balaban J connectivity index is 1.99. The monoisotopic (exact) mass is 378 g/mol. The lowest BCUT2D eigenvalue weighted by atomic mass is 10.1. The lowest BCUT2D eigenvalue weighted by molar-refractivity contribution is -0.385. The second-order valence-corrected chi connectivity index (χ2v) is 5.43. The molecule has 136 valence electrons. The second kappa shape index (κ2) is 8.67. The summed E-state index contributed by atoms with van der Waals surface area (Å²) >= 11 is 5.77. The van der Waals surface area contributed by atoms with Gasteiger partial charge in [-0.05, 0) is 30.3 Å². The number of nitro benzene ring substituents is 1. The first-order valence-electron chi connectivity index (χ1n) is 7.27. The summed E-state index contributed by atoms with van der Waals surface area (Å²) in [5.74, 6) is -0.854. The maximum absolute atomic E-state index is 11.7. The molecule has 10 heteroatoms. The molecule has 0 spiro atoms. The van der Waals surface area contributed by atoms with Gasteiger partial charge in [0.1, 0.15) is 5.75 Å². The highest BCUT2D eigenvalue weighted by molar-refractivity contribution is 6.30. The van der Waals surface area contributed by atoms with Gasteiger partial charge in [0.25, 0.3) is 5.91 Å². The number of carbonyl (C=O) groups is 1. The first kappa shape index (κ1) is 19.0. The smallest absolute Gasteiger partial charge is 0.315 e. The molecule has 0 aliphatic rings. The largest absolute Gasteiger partial charge is 0.502 e. The van der Waals surface area contributed by atoms with Crippen molar-refractivity contribution in [3.63, 3.8) is 0 Å². The summed E-state index contributed by atoms with van der Waals surface area (Å²) in [5.41, 5.74) is 2.45. The predicted molar refractivity (Wildman–Crippen MR) is 97.0 cm³/mol. The molecule has 0 heterocycles. The molecule has 2 aromatic carbocycles. The number of anilines is 1. The van der Waals surface area contributed by atoms with Crippen molar-refractivity contribution in [1.29, 1.82) is 0 Å². The quantitative estimate of drug-likeness (QED) is 0.386. The van der Waals surface area contributed by atoms with Gasteiger partial charge in [-0.3, -0.25) is 14.9 Å². The molecule has 0 atom stereocenters. The normalized spacial score (nSPS) is 10.5. The molecule has 0 radical (unpaired) electrons. The number of methoxy groups -OCH3 is 1. The van der Waals surface area contributed by atoms with Crippen molar-refractivity contribution in [1.82, 2.24) is 5.43 Å². The number of hydrogen-bond acceptors (Lipinski definition) is 7. The summed E-state index contributed by atoms with van der Waals surface area (Å²) in [5, 5.41) is 28.0. The lowest BCUT2D eigenvalue weighted by Crippen LogP contribution is -2.25. The van der Waals surface area contributed by atoms with Crippen LogP contribution < -0.4 is 15.5 Å². The van der Waals surface area contributed by atoms with E-state index in [2.05, 4.69) is 15.8 Å². The highest BCUT2D eigenvalue weighted by atomic mass is 35.5. The molecule has 0 aliphatic carbocycles. The summed E-state index contributed by atoms with van der Waals surface area (Å²) in [6.07, 6.45) is 1.09. The fourth-order valence-electron chi connectivity index (χ4n) is 1.93. The number of phenols is 1. The van der Waals surface area contributed by atoms with Crippen LogP contribution in [0.5, 0.6) is 11.5 Å². The Morgan fingerprint density at radius 2 is 2.08 bits per heavy atom. The summed E-state index contributed by atoms with van der Waals surface area (Å²) < 4.78 is 4.94. The minimum absolute atomic E-state index is 0.0296. The Morgan fingerprint density at radius 1 is 1.38 bits per heavy atom. The Kier molecular flexibility index (Phi) is 6.34. The van der Waals surface area contributed by atoms with E-state index < -0.39 is 22.3 Å². The SMILES string of the molecule is COc1cc(/C=N\NC(=O)CNc2ccc(Cl)cc2)c(O)c([N+](=O)[O-])c1. The van der Waals surface area contributed by atoms with Crippen molar-refractivity contribution in [2.75, 3.05) is 19.0 Å². The van der Waals surface area contributed by atoms with E-state index in [1.165, 1.54) is 13.2 Å². The molecule has 9 nitrogen and oxygen atoms in total. The number of phenolic OH excluding ortho intramolecular Hbond substituents is 1. The molecular formula is C16H15ClN4O5. The third-order valence-electron chi connectivity index (χ3n) is 3.22. The van der Waals surface area contributed by atoms with E-state index in [-0.39, 0.29) is 17.9 Å². The van der Waals surface area contributed by atoms with Crippen LogP contribution in [-0.2, 0) is 4.79 Å². The number of amides is 1. The van der Waals surface area contributed by atoms with Gasteiger partial charge in [0, 0.05) is 16.3 Å². The zero-order valence-corrected chi connectivity index (χ0v) is 14.4. The Morgan fingerprint density at radius 3 is 2.69 bits per heavy atom. The molecule has 0 saturated carbocycles. The number of nitrogens with one attached hydrogen (secondary N) is 2. The highest BCUT2D eigenvalue weighted by Gasteiger charge is 2.18. The number of rotatable bonds is 7. The van der Waals surface area contributed by atoms with Crippen LogP contribution in [0, 0.1) is 10.1 Å². The summed E-state index contributed by atoms with van der Waals surface area (Å²) in [6.45, 7) is -0.0524. The van der Waals surface area contributed by atoms with E-state index in [1.54, 1.807) is 24.3 Å². The first-order valence-corrected chi connectivity index (χ1v) is 7.65. The maximum Gasteiger partial charge on any atom is 0.315 e. The average molecular weight is 379 g/mol. The number of halogens is 1. The fourth-order valence-corrected chi connectivity index (χ4v) is 2.06. The minimum atomic E-state index is -0.746. The van der Waals surface area contributed by atoms with E-state index in [0.29, 0.717) is 10.7 Å². The van der Waals surface area contributed by atoms with Gasteiger partial charge in [0.2, 0.25) is 5.75 Å². The van der Waals surface area contributed by atoms with Crippen LogP contribution in [0.1, 0.15) is 5.56 Å². The molecule has 3 N–H and O–H groups in total. The third kappa shape index (κ3) is 5.08. The topological polar surface area (TPSA) is 126 Å². The molecule has 2 rings (SSSR count). The number of ether oxygens (including phenoxy) is 1. The molecule has 0 bridgehead atoms. The summed E-state index contributed by atoms with van der Waals surface area (Å²) in [7, 11) is 1.33. The third-order valence-corrected chi connectivity index (χ3v) is 3.47. The van der Waals surface area contributed by atoms with E-state index in [4.69, 9.17) is 16.3 Å². The number of hydrazone groups is 1. The number of benzene rings is 2. The summed E-state index contributed by atoms with van der Waals surface area (Å²) in [4.78, 5) is 21.9. The van der Waals surface area contributed by atoms with Crippen molar-refractivity contribution in [3.05, 3.63) is 57.1 Å². The highest BCUT2D eigenvalue weighted by Crippen LogP contribution is 2.33. The van der Waals surface area contributed by atoms with Crippen molar-refractivity contribution >= 4 is 35.1 Å². The van der Waals surface area contributed by atoms with Gasteiger partial charge >= 0.3 is 5.69 Å². The van der Waals surface area contributed by atoms with E-state index in [0.717, 1.165) is 12.3 Å². The first-order chi connectivity index (χ1) is 12.4. The van der Waals surface area contributed by atoms with E-state index >= 15 is 0 Å². The van der Waals surface area contributed by atoms with Gasteiger partial charge in [0.15, 0.2) is 0 Å². The van der Waals surface area contributed by atoms with Gasteiger partial charge in [0.05, 0.1) is 30.9 Å². The fraction of sp³-hybridized carbons (Fsp3) is 0.125. The molecule has 1 amide bonds. The zero-order valence-electron chi connectivity index (χ0n) is 13.6. The molecule has 26 heavy (non-hydrogen) atoms. The number of aromatic hydroxyl groups is 1. The maximum atomic E-state index is 11.7. The molecule has 0 aliphatic heterocycles. The zero-order chi connectivity index (χ0) is 19.1. The van der Waals surface area contributed by atoms with Crippen LogP contribution in [0.4, 0.5) is 11.4 Å². The van der Waals surface area contributed by atoms with Gasteiger partial charge in [-0.15, -0.1) is 0 Å². The van der Waals surface area contributed by atoms with Gasteiger partial charge < -0.3 is 15.2 Å². The Labute approximate surface area is 153 Å². The molecule has 0 aromatic heterocycles. The number of carbonyl (C=O) groups excluding carboxylic acids is 1. The van der Waals surface area contributed by atoms with Crippen molar-refractivity contribution in [3.8, 4) is 11.5 Å². The molecule has 0 saturated heterocycles. The molecule has 0 unspecified atom stereocenters. The second-order valence-electron chi connectivity index (χ2n) is 5.00. The summed E-state index contributed by atoms with van der Waals surface area (Å²) in [6, 6.07) is 9.22. The van der Waals surface area contributed by atoms with Crippen LogP contribution >= 0.6 is 11.6 Å². The molecule has 0 fully saturated rings. The van der Waals surface area contributed by atoms with Crippen LogP contribution in [0.15, 0.2) is 41.5 Å². The van der Waals surface area contributed by atoms with Crippen LogP contribution in [0.2, 0.25) is 5.02 Å². The minimum Gasteiger partial charge on any atom is -0.502 e. The number of nitro groups is 1. The van der Waals surface area contributed by atoms with Crippen molar-refractivity contribution in [2.24, 2.45) is 5.10 Å². The van der Waals surface area contributed by atoms with Crippen molar-refractivity contribution < 1.29 is 19.6 Å². The van der Waals surface area contributed by atoms with Gasteiger partial charge in [-0.2, -0.15) is 5.10 Å². The standard InChI is InChI=1S/C16H15ClN4O5/c1-26-13-6-10(16(23)14(7-13)21(24)25)8-19-20-15(22)9-18-12-4-2-11(17)3-5-12/h2-8,18,23H,9H2,1H3,(H,20,22)/b19-8-. The average Bonchev–Trinajstić information content (AvgIpc) is 2.62. The van der Waals surface area contributed by atoms with Crippen LogP contribution in [0.3, 0.4) is 0 Å². The number of hydrogen-bond donors (Lipinski definition) is 3. The predicted octanol–water partition coefficient (Wildman–Crippen LogP) is 2.52. The number of nitrogens with zero attached hydrogens (tertiary/aromatic N) is 2. The van der Waals surface area contributed by atoms with Crippen molar-refractivity contribution in [2.45, 2.75) is 0 Å². The van der Waals surface area contributed by atoms with E-state index in [1.807, 2.05) is 0 Å². The van der Waals surface area contributed by atoms with Crippen LogP contribution in [0.25, 0.3) is 0 Å². The molecule has 2 aromatic rings. The Hall–Kier alpha value is -3.33.